The lowest BCUT2D eigenvalue weighted by atomic mass is 10.1. The van der Waals surface area contributed by atoms with Gasteiger partial charge in [0, 0.05) is 31.1 Å². The number of amides is 3. The van der Waals surface area contributed by atoms with Crippen LogP contribution in [-0.4, -0.2) is 38.6 Å². The van der Waals surface area contributed by atoms with Crippen molar-refractivity contribution >= 4 is 29.1 Å². The molecule has 1 N–H and O–H groups in total. The van der Waals surface area contributed by atoms with Crippen molar-refractivity contribution in [3.8, 4) is 0 Å². The lowest BCUT2D eigenvalue weighted by molar-refractivity contribution is -0.116. The molecule has 0 radical (unpaired) electrons. The Kier molecular flexibility index (Phi) is 3.76. The molecular formula is C19H16N4O3. The summed E-state index contributed by atoms with van der Waals surface area (Å²) < 4.78 is 1.87. The van der Waals surface area contributed by atoms with Gasteiger partial charge in [-0.15, -0.1) is 0 Å². The Bertz CT molecular complexity index is 1020. The molecule has 0 saturated heterocycles. The van der Waals surface area contributed by atoms with Crippen LogP contribution in [0.4, 0.5) is 5.69 Å². The Labute approximate surface area is 149 Å². The molecule has 3 aromatic rings. The number of nitrogens with zero attached hydrogens (tertiary/aromatic N) is 3. The monoisotopic (exact) mass is 348 g/mol. The largest absolute Gasteiger partial charge is 0.324 e. The zero-order chi connectivity index (χ0) is 18.3. The second-order valence-electron chi connectivity index (χ2n) is 6.09. The Balaban J connectivity index is 1.44. The summed E-state index contributed by atoms with van der Waals surface area (Å²) in [7, 11) is 0. The number of fused-ring (bicyclic) bond motifs is 2. The molecule has 4 rings (SSSR count). The van der Waals surface area contributed by atoms with Gasteiger partial charge in [0.1, 0.15) is 5.65 Å². The summed E-state index contributed by atoms with van der Waals surface area (Å²) in [5.41, 5.74) is 3.10. The number of aromatic nitrogens is 2. The van der Waals surface area contributed by atoms with Crippen LogP contribution in [0.5, 0.6) is 0 Å². The first-order valence-electron chi connectivity index (χ1n) is 8.24. The van der Waals surface area contributed by atoms with Crippen molar-refractivity contribution in [1.82, 2.24) is 14.3 Å². The van der Waals surface area contributed by atoms with Crippen molar-refractivity contribution in [3.63, 3.8) is 0 Å². The quantitative estimate of drug-likeness (QED) is 0.733. The molecule has 3 amide bonds. The van der Waals surface area contributed by atoms with Gasteiger partial charge in [-0.1, -0.05) is 12.1 Å². The molecule has 2 aromatic heterocycles. The van der Waals surface area contributed by atoms with Crippen LogP contribution in [0.25, 0.3) is 5.65 Å². The van der Waals surface area contributed by atoms with Crippen LogP contribution in [0.2, 0.25) is 0 Å². The standard InChI is InChI=1S/C19H16N4O3/c1-12-15(6-7-16-20-9-11-22(12)16)21-17(24)8-10-23-18(25)13-4-2-3-5-14(13)19(23)26/h2-7,9,11H,8,10H2,1H3,(H,21,24). The number of rotatable bonds is 4. The summed E-state index contributed by atoms with van der Waals surface area (Å²) in [6.07, 6.45) is 3.54. The number of imidazole rings is 1. The maximum absolute atomic E-state index is 12.3. The third kappa shape index (κ3) is 2.54. The topological polar surface area (TPSA) is 83.8 Å². The molecule has 0 bridgehead atoms. The van der Waals surface area contributed by atoms with Crippen molar-refractivity contribution in [2.75, 3.05) is 11.9 Å². The van der Waals surface area contributed by atoms with Crippen molar-refractivity contribution in [2.24, 2.45) is 0 Å². The van der Waals surface area contributed by atoms with Gasteiger partial charge in [-0.2, -0.15) is 0 Å². The number of aryl methyl sites for hydroxylation is 1. The molecule has 7 heteroatoms. The predicted octanol–water partition coefficient (Wildman–Crippen LogP) is 2.27. The molecule has 0 atom stereocenters. The molecule has 0 fully saturated rings. The van der Waals surface area contributed by atoms with Gasteiger partial charge in [0.25, 0.3) is 11.8 Å². The number of hydrogen-bond donors (Lipinski definition) is 1. The fraction of sp³-hybridized carbons (Fsp3) is 0.158. The highest BCUT2D eigenvalue weighted by Gasteiger charge is 2.34. The minimum atomic E-state index is -0.352. The molecule has 7 nitrogen and oxygen atoms in total. The summed E-state index contributed by atoms with van der Waals surface area (Å²) in [5, 5.41) is 2.83. The van der Waals surface area contributed by atoms with Gasteiger partial charge in [-0.05, 0) is 31.2 Å². The minimum absolute atomic E-state index is 0.0346. The Morgan fingerprint density at radius 2 is 1.77 bits per heavy atom. The third-order valence-electron chi connectivity index (χ3n) is 4.53. The second kappa shape index (κ2) is 6.11. The van der Waals surface area contributed by atoms with E-state index in [0.717, 1.165) is 16.2 Å². The highest BCUT2D eigenvalue weighted by Crippen LogP contribution is 2.23. The third-order valence-corrected chi connectivity index (χ3v) is 4.53. The van der Waals surface area contributed by atoms with Crippen LogP contribution in [0, 0.1) is 6.92 Å². The maximum Gasteiger partial charge on any atom is 0.261 e. The van der Waals surface area contributed by atoms with E-state index in [4.69, 9.17) is 0 Å². The molecule has 0 unspecified atom stereocenters. The van der Waals surface area contributed by atoms with Crippen molar-refractivity contribution in [1.29, 1.82) is 0 Å². The highest BCUT2D eigenvalue weighted by atomic mass is 16.2. The molecule has 0 aliphatic carbocycles. The first-order valence-corrected chi connectivity index (χ1v) is 8.24. The lowest BCUT2D eigenvalue weighted by Crippen LogP contribution is -2.33. The average Bonchev–Trinajstić information content (AvgIpc) is 3.21. The van der Waals surface area contributed by atoms with Gasteiger partial charge in [0.15, 0.2) is 0 Å². The van der Waals surface area contributed by atoms with E-state index in [0.29, 0.717) is 16.8 Å². The number of imide groups is 1. The zero-order valence-electron chi connectivity index (χ0n) is 14.1. The van der Waals surface area contributed by atoms with Crippen LogP contribution < -0.4 is 5.32 Å². The van der Waals surface area contributed by atoms with Gasteiger partial charge >= 0.3 is 0 Å². The number of carbonyl (C=O) groups is 3. The number of hydrogen-bond acceptors (Lipinski definition) is 4. The molecule has 0 spiro atoms. The van der Waals surface area contributed by atoms with Gasteiger partial charge in [-0.3, -0.25) is 19.3 Å². The molecule has 1 aliphatic rings. The number of pyridine rings is 1. The molecule has 130 valence electrons. The number of benzene rings is 1. The van der Waals surface area contributed by atoms with E-state index in [9.17, 15) is 14.4 Å². The van der Waals surface area contributed by atoms with E-state index < -0.39 is 0 Å². The van der Waals surface area contributed by atoms with Crippen LogP contribution >= 0.6 is 0 Å². The second-order valence-corrected chi connectivity index (χ2v) is 6.09. The number of nitrogens with one attached hydrogen (secondary N) is 1. The highest BCUT2D eigenvalue weighted by molar-refractivity contribution is 6.21. The first-order chi connectivity index (χ1) is 12.6. The SMILES string of the molecule is Cc1c(NC(=O)CCN2C(=O)c3ccccc3C2=O)ccc2nccn12. The summed E-state index contributed by atoms with van der Waals surface area (Å²) in [6, 6.07) is 10.3. The maximum atomic E-state index is 12.3. The van der Waals surface area contributed by atoms with E-state index in [2.05, 4.69) is 10.3 Å². The number of anilines is 1. The summed E-state index contributed by atoms with van der Waals surface area (Å²) >= 11 is 0. The van der Waals surface area contributed by atoms with Crippen LogP contribution in [-0.2, 0) is 4.79 Å². The van der Waals surface area contributed by atoms with Gasteiger partial charge in [-0.25, -0.2) is 4.98 Å². The zero-order valence-corrected chi connectivity index (χ0v) is 14.1. The summed E-state index contributed by atoms with van der Waals surface area (Å²) in [5.74, 6) is -0.965. The normalized spacial score (nSPS) is 13.3. The van der Waals surface area contributed by atoms with Gasteiger partial charge in [0.05, 0.1) is 16.8 Å². The molecule has 3 heterocycles. The van der Waals surface area contributed by atoms with Crippen molar-refractivity contribution in [2.45, 2.75) is 13.3 Å². The molecule has 1 aliphatic heterocycles. The van der Waals surface area contributed by atoms with E-state index in [-0.39, 0.29) is 30.7 Å². The minimum Gasteiger partial charge on any atom is -0.324 e. The Morgan fingerprint density at radius 1 is 1.08 bits per heavy atom. The van der Waals surface area contributed by atoms with Crippen molar-refractivity contribution < 1.29 is 14.4 Å². The van der Waals surface area contributed by atoms with Gasteiger partial charge in [0.2, 0.25) is 5.91 Å². The molecule has 1 aromatic carbocycles. The van der Waals surface area contributed by atoms with E-state index in [1.807, 2.05) is 23.6 Å². The lowest BCUT2D eigenvalue weighted by Gasteiger charge is -2.14. The van der Waals surface area contributed by atoms with E-state index in [1.165, 1.54) is 0 Å². The number of carbonyl (C=O) groups excluding carboxylic acids is 3. The van der Waals surface area contributed by atoms with Crippen LogP contribution in [0.15, 0.2) is 48.8 Å². The Hall–Kier alpha value is -3.48. The van der Waals surface area contributed by atoms with E-state index >= 15 is 0 Å². The smallest absolute Gasteiger partial charge is 0.261 e. The average molecular weight is 348 g/mol. The van der Waals surface area contributed by atoms with Crippen LogP contribution in [0.1, 0.15) is 32.8 Å². The van der Waals surface area contributed by atoms with E-state index in [1.54, 1.807) is 36.5 Å². The molecule has 26 heavy (non-hydrogen) atoms. The predicted molar refractivity (Wildman–Crippen MR) is 95.0 cm³/mol. The Morgan fingerprint density at radius 3 is 2.46 bits per heavy atom. The summed E-state index contributed by atoms with van der Waals surface area (Å²) in [4.78, 5) is 42.2. The first kappa shape index (κ1) is 16.0. The van der Waals surface area contributed by atoms with Crippen LogP contribution in [0.3, 0.4) is 0 Å². The van der Waals surface area contributed by atoms with Gasteiger partial charge < -0.3 is 9.72 Å². The fourth-order valence-electron chi connectivity index (χ4n) is 3.13. The molecular weight excluding hydrogens is 332 g/mol. The molecule has 0 saturated carbocycles. The summed E-state index contributed by atoms with van der Waals surface area (Å²) in [6.45, 7) is 1.93. The van der Waals surface area contributed by atoms with Crippen molar-refractivity contribution in [3.05, 3.63) is 65.6 Å². The fourth-order valence-corrected chi connectivity index (χ4v) is 3.13.